The summed E-state index contributed by atoms with van der Waals surface area (Å²) in [5.74, 6) is -0.219. The fourth-order valence-electron chi connectivity index (χ4n) is 2.14. The van der Waals surface area contributed by atoms with Gasteiger partial charge >= 0.3 is 0 Å². The van der Waals surface area contributed by atoms with Crippen LogP contribution in [0.5, 0.6) is 5.75 Å². The van der Waals surface area contributed by atoms with Crippen molar-refractivity contribution in [2.75, 3.05) is 13.1 Å². The zero-order valence-corrected chi connectivity index (χ0v) is 11.9. The number of aromatic hydroxyl groups is 1. The molecule has 0 atom stereocenters. The molecule has 1 aliphatic heterocycles. The summed E-state index contributed by atoms with van der Waals surface area (Å²) in [6, 6.07) is 4.90. The number of phenolic OH excluding ortho intramolecular Hbond substituents is 1. The highest BCUT2D eigenvalue weighted by Gasteiger charge is 2.29. The van der Waals surface area contributed by atoms with Crippen LogP contribution in [0, 0.1) is 0 Å². The molecule has 0 radical (unpaired) electrons. The molecule has 1 aromatic carbocycles. The number of benzene rings is 1. The van der Waals surface area contributed by atoms with Crippen LogP contribution >= 0.6 is 15.9 Å². The lowest BCUT2D eigenvalue weighted by atomic mass is 9.90. The molecule has 0 aromatic heterocycles. The van der Waals surface area contributed by atoms with Crippen molar-refractivity contribution >= 4 is 21.8 Å². The fourth-order valence-corrected chi connectivity index (χ4v) is 2.49. The average Bonchev–Trinajstić information content (AvgIpc) is 2.28. The number of piperidine rings is 1. The van der Waals surface area contributed by atoms with E-state index in [1.165, 1.54) is 6.07 Å². The van der Waals surface area contributed by atoms with Crippen molar-refractivity contribution in [2.45, 2.75) is 25.3 Å². The standard InChI is InChI=1S/C13H17BrN2O2/c1-13(4-6-15-7-5-13)16-12(18)10-3-2-9(14)8-11(10)17/h2-3,8,15,17H,4-7H2,1H3,(H,16,18). The van der Waals surface area contributed by atoms with Gasteiger partial charge in [0.05, 0.1) is 5.56 Å². The maximum absolute atomic E-state index is 12.1. The molecule has 1 heterocycles. The molecule has 0 aliphatic carbocycles. The van der Waals surface area contributed by atoms with Crippen molar-refractivity contribution in [1.82, 2.24) is 10.6 Å². The van der Waals surface area contributed by atoms with E-state index in [-0.39, 0.29) is 17.2 Å². The second-order valence-corrected chi connectivity index (χ2v) is 5.84. The molecule has 1 fully saturated rings. The van der Waals surface area contributed by atoms with Crippen LogP contribution in [0.2, 0.25) is 0 Å². The van der Waals surface area contributed by atoms with Gasteiger partial charge in [-0.2, -0.15) is 0 Å². The van der Waals surface area contributed by atoms with Crippen LogP contribution in [0.3, 0.4) is 0 Å². The third kappa shape index (κ3) is 3.03. The molecule has 0 unspecified atom stereocenters. The first-order valence-electron chi connectivity index (χ1n) is 6.02. The van der Waals surface area contributed by atoms with Crippen molar-refractivity contribution in [3.63, 3.8) is 0 Å². The maximum Gasteiger partial charge on any atom is 0.255 e. The molecule has 1 amide bonds. The molecule has 0 saturated carbocycles. The number of hydrogen-bond acceptors (Lipinski definition) is 3. The highest BCUT2D eigenvalue weighted by molar-refractivity contribution is 9.10. The highest BCUT2D eigenvalue weighted by Crippen LogP contribution is 2.24. The van der Waals surface area contributed by atoms with Crippen LogP contribution in [-0.2, 0) is 0 Å². The topological polar surface area (TPSA) is 61.4 Å². The third-order valence-corrected chi connectivity index (χ3v) is 3.82. The van der Waals surface area contributed by atoms with Gasteiger partial charge in [0.25, 0.3) is 5.91 Å². The first-order valence-corrected chi connectivity index (χ1v) is 6.81. The minimum atomic E-state index is -0.218. The van der Waals surface area contributed by atoms with Gasteiger partial charge in [-0.15, -0.1) is 0 Å². The Morgan fingerprint density at radius 2 is 2.11 bits per heavy atom. The van der Waals surface area contributed by atoms with Crippen LogP contribution in [0.4, 0.5) is 0 Å². The van der Waals surface area contributed by atoms with E-state index in [4.69, 9.17) is 0 Å². The van der Waals surface area contributed by atoms with E-state index in [1.807, 2.05) is 6.92 Å². The molecule has 1 saturated heterocycles. The Bertz CT molecular complexity index is 456. The van der Waals surface area contributed by atoms with Crippen LogP contribution < -0.4 is 10.6 Å². The summed E-state index contributed by atoms with van der Waals surface area (Å²) < 4.78 is 0.754. The zero-order valence-electron chi connectivity index (χ0n) is 10.3. The Hall–Kier alpha value is -1.07. The van der Waals surface area contributed by atoms with Gasteiger partial charge in [-0.3, -0.25) is 4.79 Å². The normalized spacial score (nSPS) is 18.3. The van der Waals surface area contributed by atoms with Gasteiger partial charge in [-0.1, -0.05) is 15.9 Å². The van der Waals surface area contributed by atoms with Crippen LogP contribution in [0.15, 0.2) is 22.7 Å². The molecule has 1 aromatic rings. The van der Waals surface area contributed by atoms with Gasteiger partial charge in [-0.05, 0) is 51.1 Å². The molecular weight excluding hydrogens is 296 g/mol. The summed E-state index contributed by atoms with van der Waals surface area (Å²) in [5, 5.41) is 16.1. The number of carbonyl (C=O) groups excluding carboxylic acids is 1. The lowest BCUT2D eigenvalue weighted by Gasteiger charge is -2.35. The number of phenols is 1. The zero-order chi connectivity index (χ0) is 13.2. The Morgan fingerprint density at radius 1 is 1.44 bits per heavy atom. The molecule has 98 valence electrons. The molecule has 4 nitrogen and oxygen atoms in total. The minimum absolute atomic E-state index is 0.000547. The molecule has 2 rings (SSSR count). The molecule has 1 aliphatic rings. The van der Waals surface area contributed by atoms with E-state index < -0.39 is 0 Å². The highest BCUT2D eigenvalue weighted by atomic mass is 79.9. The molecule has 0 spiro atoms. The van der Waals surface area contributed by atoms with E-state index in [1.54, 1.807) is 12.1 Å². The number of nitrogens with one attached hydrogen (secondary N) is 2. The van der Waals surface area contributed by atoms with Gasteiger partial charge in [0.15, 0.2) is 0 Å². The summed E-state index contributed by atoms with van der Waals surface area (Å²) in [5.41, 5.74) is 0.125. The summed E-state index contributed by atoms with van der Waals surface area (Å²) in [4.78, 5) is 12.1. The van der Waals surface area contributed by atoms with E-state index in [2.05, 4.69) is 26.6 Å². The smallest absolute Gasteiger partial charge is 0.255 e. The largest absolute Gasteiger partial charge is 0.507 e. The van der Waals surface area contributed by atoms with Crippen molar-refractivity contribution in [1.29, 1.82) is 0 Å². The number of carbonyl (C=O) groups is 1. The quantitative estimate of drug-likeness (QED) is 0.783. The molecule has 18 heavy (non-hydrogen) atoms. The number of rotatable bonds is 2. The van der Waals surface area contributed by atoms with Crippen molar-refractivity contribution in [2.24, 2.45) is 0 Å². The van der Waals surface area contributed by atoms with E-state index in [0.717, 1.165) is 30.4 Å². The van der Waals surface area contributed by atoms with Gasteiger partial charge in [-0.25, -0.2) is 0 Å². The number of hydrogen-bond donors (Lipinski definition) is 3. The Balaban J connectivity index is 2.11. The second kappa shape index (κ2) is 5.28. The second-order valence-electron chi connectivity index (χ2n) is 4.93. The predicted molar refractivity (Wildman–Crippen MR) is 73.8 cm³/mol. The molecular formula is C13H17BrN2O2. The van der Waals surface area contributed by atoms with Crippen LogP contribution in [-0.4, -0.2) is 29.6 Å². The van der Waals surface area contributed by atoms with Crippen LogP contribution in [0.25, 0.3) is 0 Å². The molecule has 0 bridgehead atoms. The van der Waals surface area contributed by atoms with Gasteiger partial charge in [0.2, 0.25) is 0 Å². The third-order valence-electron chi connectivity index (χ3n) is 3.33. The number of halogens is 1. The van der Waals surface area contributed by atoms with Crippen molar-refractivity contribution in [3.05, 3.63) is 28.2 Å². The summed E-state index contributed by atoms with van der Waals surface area (Å²) in [6.45, 7) is 3.86. The molecule has 3 N–H and O–H groups in total. The lowest BCUT2D eigenvalue weighted by molar-refractivity contribution is 0.0885. The lowest BCUT2D eigenvalue weighted by Crippen LogP contribution is -2.52. The van der Waals surface area contributed by atoms with E-state index >= 15 is 0 Å². The summed E-state index contributed by atoms with van der Waals surface area (Å²) >= 11 is 3.25. The van der Waals surface area contributed by atoms with Crippen molar-refractivity contribution < 1.29 is 9.90 Å². The van der Waals surface area contributed by atoms with E-state index in [9.17, 15) is 9.90 Å². The van der Waals surface area contributed by atoms with Gasteiger partial charge in [0.1, 0.15) is 5.75 Å². The Kier molecular flexibility index (Phi) is 3.92. The van der Waals surface area contributed by atoms with Crippen LogP contribution in [0.1, 0.15) is 30.1 Å². The minimum Gasteiger partial charge on any atom is -0.507 e. The summed E-state index contributed by atoms with van der Waals surface area (Å²) in [6.07, 6.45) is 1.80. The van der Waals surface area contributed by atoms with Crippen molar-refractivity contribution in [3.8, 4) is 5.75 Å². The Morgan fingerprint density at radius 3 is 2.72 bits per heavy atom. The predicted octanol–water partition coefficient (Wildman–Crippen LogP) is 2.03. The first kappa shape index (κ1) is 13.4. The fraction of sp³-hybridized carbons (Fsp3) is 0.462. The molecule has 5 heteroatoms. The van der Waals surface area contributed by atoms with Gasteiger partial charge in [0, 0.05) is 10.0 Å². The Labute approximate surface area is 115 Å². The van der Waals surface area contributed by atoms with E-state index in [0.29, 0.717) is 5.56 Å². The maximum atomic E-state index is 12.1. The summed E-state index contributed by atoms with van der Waals surface area (Å²) in [7, 11) is 0. The van der Waals surface area contributed by atoms with Gasteiger partial charge < -0.3 is 15.7 Å². The monoisotopic (exact) mass is 312 g/mol. The average molecular weight is 313 g/mol. The SMILES string of the molecule is CC1(NC(=O)c2ccc(Br)cc2O)CCNCC1. The number of amides is 1. The first-order chi connectivity index (χ1) is 8.50.